The van der Waals surface area contributed by atoms with Crippen molar-refractivity contribution in [2.75, 3.05) is 0 Å². The van der Waals surface area contributed by atoms with Crippen molar-refractivity contribution in [2.24, 2.45) is 11.8 Å². The van der Waals surface area contributed by atoms with Crippen LogP contribution in [-0.2, 0) is 38.1 Å². The van der Waals surface area contributed by atoms with Crippen molar-refractivity contribution in [3.05, 3.63) is 36.5 Å². The number of carbonyl (C=O) groups is 4. The lowest BCUT2D eigenvalue weighted by Crippen LogP contribution is -2.60. The molecule has 0 amide bonds. The number of Topliss-reactive ketones (excluding diaryl/α,β-unsaturated/α-hetero) is 1. The van der Waals surface area contributed by atoms with Gasteiger partial charge < -0.3 is 24.1 Å². The van der Waals surface area contributed by atoms with Crippen LogP contribution < -0.4 is 0 Å². The molecule has 0 unspecified atom stereocenters. The minimum atomic E-state index is -2.32. The first-order valence-corrected chi connectivity index (χ1v) is 10.3. The molecule has 2 saturated heterocycles. The molecule has 1 aliphatic carbocycles. The van der Waals surface area contributed by atoms with Gasteiger partial charge in [0.05, 0.1) is 12.0 Å². The van der Waals surface area contributed by atoms with Crippen LogP contribution in [0, 0.1) is 11.8 Å². The molecule has 9 nitrogen and oxygen atoms in total. The molecule has 2 aliphatic heterocycles. The fourth-order valence-corrected chi connectivity index (χ4v) is 4.21. The summed E-state index contributed by atoms with van der Waals surface area (Å²) in [5.41, 5.74) is -2.31. The van der Waals surface area contributed by atoms with Crippen LogP contribution >= 0.6 is 0 Å². The number of esters is 3. The summed E-state index contributed by atoms with van der Waals surface area (Å²) in [7, 11) is 0. The van der Waals surface area contributed by atoms with Gasteiger partial charge in [0.2, 0.25) is 0 Å². The van der Waals surface area contributed by atoms with Crippen LogP contribution in [0.4, 0.5) is 0 Å². The lowest BCUT2D eigenvalue weighted by molar-refractivity contribution is -0.195. The molecule has 3 fully saturated rings. The lowest BCUT2D eigenvalue weighted by atomic mass is 9.75. The molecule has 0 radical (unpaired) electrons. The molecule has 0 aromatic heterocycles. The standard InChI is InChI=1S/C23H28O9/c1-9(2)20(25)31-16-14-12(6)22(27)29-13(14)8-11(5)15-17(30-15)18(24)23(7,28)19(16)32-21(26)10(3)4/h11,13-17,19,28H,1,3,6,8H2,2,4-5,7H3/t11-,13+,14-,15+,16+,17+,19-,23+/m1/s1. The molecule has 174 valence electrons. The SMILES string of the molecule is C=C(C)C(=O)O[C@H]1[C@@H]2C(=C)C(=O)O[C@H]2C[C@@H](C)[C@@H]2O[C@@H]2C(=O)[C@](C)(O)[C@@H]1OC(=O)C(=C)C. The van der Waals surface area contributed by atoms with Crippen LogP contribution in [0.25, 0.3) is 0 Å². The predicted octanol–water partition coefficient (Wildman–Crippen LogP) is 1.19. The van der Waals surface area contributed by atoms with Crippen molar-refractivity contribution in [1.29, 1.82) is 0 Å². The third-order valence-electron chi connectivity index (χ3n) is 6.15. The van der Waals surface area contributed by atoms with E-state index in [1.807, 2.05) is 6.92 Å². The van der Waals surface area contributed by atoms with Gasteiger partial charge in [-0.3, -0.25) is 4.79 Å². The molecule has 0 bridgehead atoms. The Balaban J connectivity index is 2.16. The number of carbonyl (C=O) groups excluding carboxylic acids is 4. The van der Waals surface area contributed by atoms with E-state index in [2.05, 4.69) is 19.7 Å². The van der Waals surface area contributed by atoms with Crippen LogP contribution in [0.15, 0.2) is 36.5 Å². The highest BCUT2D eigenvalue weighted by molar-refractivity contribution is 5.95. The van der Waals surface area contributed by atoms with E-state index >= 15 is 0 Å². The largest absolute Gasteiger partial charge is 0.458 e. The summed E-state index contributed by atoms with van der Waals surface area (Å²) in [4.78, 5) is 50.5. The lowest BCUT2D eigenvalue weighted by Gasteiger charge is -2.40. The molecule has 3 aliphatic rings. The maximum atomic E-state index is 13.2. The second-order valence-corrected chi connectivity index (χ2v) is 9.00. The van der Waals surface area contributed by atoms with E-state index in [0.717, 1.165) is 6.92 Å². The summed E-state index contributed by atoms with van der Waals surface area (Å²) in [6, 6.07) is 0. The summed E-state index contributed by atoms with van der Waals surface area (Å²) in [5.74, 6) is -4.38. The first-order valence-electron chi connectivity index (χ1n) is 10.3. The monoisotopic (exact) mass is 448 g/mol. The van der Waals surface area contributed by atoms with E-state index < -0.39 is 65.7 Å². The van der Waals surface area contributed by atoms with E-state index in [1.165, 1.54) is 13.8 Å². The molecule has 8 atom stereocenters. The number of ether oxygens (including phenoxy) is 4. The Hall–Kier alpha value is -2.78. The van der Waals surface area contributed by atoms with Gasteiger partial charge in [0.1, 0.15) is 12.2 Å². The molecule has 0 aromatic rings. The Morgan fingerprint density at radius 3 is 2.25 bits per heavy atom. The van der Waals surface area contributed by atoms with E-state index in [1.54, 1.807) is 0 Å². The van der Waals surface area contributed by atoms with E-state index in [-0.39, 0.29) is 29.1 Å². The number of ketones is 1. The third-order valence-corrected chi connectivity index (χ3v) is 6.15. The first kappa shape index (κ1) is 23.9. The summed E-state index contributed by atoms with van der Waals surface area (Å²) >= 11 is 0. The second-order valence-electron chi connectivity index (χ2n) is 9.00. The number of hydrogen-bond donors (Lipinski definition) is 1. The highest BCUT2D eigenvalue weighted by atomic mass is 16.6. The maximum Gasteiger partial charge on any atom is 0.334 e. The molecular weight excluding hydrogens is 420 g/mol. The highest BCUT2D eigenvalue weighted by Crippen LogP contribution is 2.45. The number of fused-ring (bicyclic) bond motifs is 2. The van der Waals surface area contributed by atoms with Crippen LogP contribution in [0.5, 0.6) is 0 Å². The molecule has 0 spiro atoms. The highest BCUT2D eigenvalue weighted by Gasteiger charge is 2.63. The summed E-state index contributed by atoms with van der Waals surface area (Å²) in [5, 5.41) is 11.3. The van der Waals surface area contributed by atoms with Gasteiger partial charge in [-0.2, -0.15) is 0 Å². The molecule has 9 heteroatoms. The number of epoxide rings is 1. The number of aliphatic hydroxyl groups is 1. The summed E-state index contributed by atoms with van der Waals surface area (Å²) in [6.45, 7) is 16.6. The quantitative estimate of drug-likeness (QED) is 0.292. The molecule has 32 heavy (non-hydrogen) atoms. The topological polar surface area (TPSA) is 129 Å². The molecule has 1 N–H and O–H groups in total. The van der Waals surface area contributed by atoms with Gasteiger partial charge in [0.25, 0.3) is 0 Å². The van der Waals surface area contributed by atoms with Crippen LogP contribution in [0.3, 0.4) is 0 Å². The van der Waals surface area contributed by atoms with Gasteiger partial charge in [0, 0.05) is 16.7 Å². The van der Waals surface area contributed by atoms with Crippen molar-refractivity contribution in [3.8, 4) is 0 Å². The van der Waals surface area contributed by atoms with Gasteiger partial charge in [0.15, 0.2) is 23.6 Å². The van der Waals surface area contributed by atoms with Crippen molar-refractivity contribution >= 4 is 23.7 Å². The Kier molecular flexibility index (Phi) is 6.19. The Morgan fingerprint density at radius 2 is 1.69 bits per heavy atom. The van der Waals surface area contributed by atoms with Gasteiger partial charge in [-0.05, 0) is 33.1 Å². The normalized spacial score (nSPS) is 38.7. The van der Waals surface area contributed by atoms with E-state index in [0.29, 0.717) is 0 Å². The zero-order valence-corrected chi connectivity index (χ0v) is 18.6. The average Bonchev–Trinajstić information content (AvgIpc) is 3.45. The third kappa shape index (κ3) is 4.14. The number of rotatable bonds is 4. The maximum absolute atomic E-state index is 13.2. The molecule has 2 heterocycles. The first-order chi connectivity index (χ1) is 14.8. The molecule has 0 aromatic carbocycles. The zero-order valence-electron chi connectivity index (χ0n) is 18.6. The van der Waals surface area contributed by atoms with Gasteiger partial charge in [-0.15, -0.1) is 0 Å². The summed E-state index contributed by atoms with van der Waals surface area (Å²) < 4.78 is 22.1. The van der Waals surface area contributed by atoms with E-state index in [9.17, 15) is 24.3 Å². The Labute approximate surface area is 186 Å². The molecule has 3 rings (SSSR count). The van der Waals surface area contributed by atoms with E-state index in [4.69, 9.17) is 18.9 Å². The minimum Gasteiger partial charge on any atom is -0.458 e. The Bertz CT molecular complexity index is 914. The van der Waals surface area contributed by atoms with Crippen LogP contribution in [-0.4, -0.2) is 64.9 Å². The fourth-order valence-electron chi connectivity index (χ4n) is 4.21. The molecular formula is C23H28O9. The van der Waals surface area contributed by atoms with Gasteiger partial charge >= 0.3 is 17.9 Å². The fraction of sp³-hybridized carbons (Fsp3) is 0.565. The van der Waals surface area contributed by atoms with Crippen molar-refractivity contribution in [3.63, 3.8) is 0 Å². The van der Waals surface area contributed by atoms with Crippen molar-refractivity contribution in [1.82, 2.24) is 0 Å². The smallest absolute Gasteiger partial charge is 0.334 e. The second kappa shape index (κ2) is 8.29. The van der Waals surface area contributed by atoms with Crippen molar-refractivity contribution in [2.45, 2.75) is 70.2 Å². The van der Waals surface area contributed by atoms with Crippen LogP contribution in [0.2, 0.25) is 0 Å². The average molecular weight is 448 g/mol. The van der Waals surface area contributed by atoms with Gasteiger partial charge in [-0.25, -0.2) is 14.4 Å². The van der Waals surface area contributed by atoms with Crippen molar-refractivity contribution < 1.29 is 43.2 Å². The summed E-state index contributed by atoms with van der Waals surface area (Å²) in [6.07, 6.45) is -5.09. The Morgan fingerprint density at radius 1 is 1.12 bits per heavy atom. The molecule has 1 saturated carbocycles. The number of hydrogen-bond acceptors (Lipinski definition) is 9. The van der Waals surface area contributed by atoms with Gasteiger partial charge in [-0.1, -0.05) is 26.7 Å². The minimum absolute atomic E-state index is 0.00128. The zero-order chi connectivity index (χ0) is 24.1. The predicted molar refractivity (Wildman–Crippen MR) is 110 cm³/mol. The van der Waals surface area contributed by atoms with Crippen LogP contribution in [0.1, 0.15) is 34.1 Å².